The minimum absolute atomic E-state index is 0.164. The number of hydrogen-bond donors (Lipinski definition) is 3. The van der Waals surface area contributed by atoms with Gasteiger partial charge in [0.05, 0.1) is 13.7 Å². The van der Waals surface area contributed by atoms with Crippen LogP contribution in [0.1, 0.15) is 10.4 Å². The Morgan fingerprint density at radius 1 is 1.14 bits per heavy atom. The van der Waals surface area contributed by atoms with E-state index in [1.807, 2.05) is 0 Å². The molecule has 0 aromatic heterocycles. The third-order valence-electron chi connectivity index (χ3n) is 2.62. The van der Waals surface area contributed by atoms with E-state index in [4.69, 9.17) is 17.0 Å². The zero-order chi connectivity index (χ0) is 16.4. The van der Waals surface area contributed by atoms with Crippen molar-refractivity contribution in [2.75, 3.05) is 39.2 Å². The van der Waals surface area contributed by atoms with E-state index in [1.54, 1.807) is 31.4 Å². The van der Waals surface area contributed by atoms with E-state index < -0.39 is 5.97 Å². The molecule has 0 aliphatic rings. The Labute approximate surface area is 134 Å². The highest BCUT2D eigenvalue weighted by atomic mass is 32.1. The molecule has 0 heterocycles. The van der Waals surface area contributed by atoms with Crippen molar-refractivity contribution in [1.29, 1.82) is 0 Å². The fraction of sp³-hybridized carbons (Fsp3) is 0.357. The van der Waals surface area contributed by atoms with Crippen molar-refractivity contribution < 1.29 is 19.1 Å². The maximum absolute atomic E-state index is 11.8. The van der Waals surface area contributed by atoms with Crippen LogP contribution in [0.3, 0.4) is 0 Å². The number of hydrogen-bond acceptors (Lipinski definition) is 5. The number of carbonyl (C=O) groups is 2. The van der Waals surface area contributed by atoms with Crippen LogP contribution >= 0.6 is 12.2 Å². The van der Waals surface area contributed by atoms with Gasteiger partial charge in [-0.2, -0.15) is 0 Å². The highest BCUT2D eigenvalue weighted by Crippen LogP contribution is 2.09. The molecule has 0 unspecified atom stereocenters. The van der Waals surface area contributed by atoms with Gasteiger partial charge >= 0.3 is 5.97 Å². The molecule has 0 aliphatic carbocycles. The molecule has 0 atom stereocenters. The standard InChI is InChI=1S/C14H19N3O4S/c1-20-8-7-15-14(22)17-11-5-3-10(4-6-11)13(19)16-9-12(18)21-2/h3-6H,7-9H2,1-2H3,(H,16,19)(H2,15,17,22). The van der Waals surface area contributed by atoms with Gasteiger partial charge in [0.25, 0.3) is 5.91 Å². The first-order valence-corrected chi connectivity index (χ1v) is 6.96. The number of anilines is 1. The van der Waals surface area contributed by atoms with Crippen LogP contribution in [0.4, 0.5) is 5.69 Å². The maximum Gasteiger partial charge on any atom is 0.325 e. The van der Waals surface area contributed by atoms with Crippen molar-refractivity contribution >= 4 is 34.9 Å². The third-order valence-corrected chi connectivity index (χ3v) is 2.86. The van der Waals surface area contributed by atoms with Crippen molar-refractivity contribution in [3.63, 3.8) is 0 Å². The van der Waals surface area contributed by atoms with Gasteiger partial charge in [-0.3, -0.25) is 9.59 Å². The summed E-state index contributed by atoms with van der Waals surface area (Å²) in [6.45, 7) is 1.00. The summed E-state index contributed by atoms with van der Waals surface area (Å²) >= 11 is 5.11. The van der Waals surface area contributed by atoms with Crippen LogP contribution in [0.5, 0.6) is 0 Å². The number of amides is 1. The Morgan fingerprint density at radius 2 is 1.82 bits per heavy atom. The summed E-state index contributed by atoms with van der Waals surface area (Å²) in [6.07, 6.45) is 0. The molecule has 0 spiro atoms. The molecule has 3 N–H and O–H groups in total. The molecular formula is C14H19N3O4S. The quantitative estimate of drug-likeness (QED) is 0.383. The highest BCUT2D eigenvalue weighted by molar-refractivity contribution is 7.80. The summed E-state index contributed by atoms with van der Waals surface area (Å²) in [5.41, 5.74) is 1.19. The topological polar surface area (TPSA) is 88.7 Å². The van der Waals surface area contributed by atoms with Crippen molar-refractivity contribution in [1.82, 2.24) is 10.6 Å². The monoisotopic (exact) mass is 325 g/mol. The average Bonchev–Trinajstić information content (AvgIpc) is 2.53. The molecule has 0 fully saturated rings. The lowest BCUT2D eigenvalue weighted by molar-refractivity contribution is -0.139. The first-order chi connectivity index (χ1) is 10.6. The van der Waals surface area contributed by atoms with E-state index in [1.165, 1.54) is 7.11 Å². The summed E-state index contributed by atoms with van der Waals surface area (Å²) in [4.78, 5) is 22.7. The Kier molecular flexibility index (Phi) is 7.87. The summed E-state index contributed by atoms with van der Waals surface area (Å²) in [5.74, 6) is -0.850. The van der Waals surface area contributed by atoms with Gasteiger partial charge in [0.15, 0.2) is 5.11 Å². The molecule has 0 saturated carbocycles. The van der Waals surface area contributed by atoms with Crippen LogP contribution in [0.25, 0.3) is 0 Å². The van der Waals surface area contributed by atoms with Crippen molar-refractivity contribution in [3.05, 3.63) is 29.8 Å². The number of methoxy groups -OCH3 is 2. The van der Waals surface area contributed by atoms with E-state index >= 15 is 0 Å². The molecule has 0 saturated heterocycles. The second-order valence-corrected chi connectivity index (χ2v) is 4.62. The van der Waals surface area contributed by atoms with Gasteiger partial charge in [-0.05, 0) is 36.5 Å². The molecule has 1 rings (SSSR count). The summed E-state index contributed by atoms with van der Waals surface area (Å²) in [6, 6.07) is 6.70. The van der Waals surface area contributed by atoms with E-state index in [0.29, 0.717) is 23.8 Å². The lowest BCUT2D eigenvalue weighted by Gasteiger charge is -2.10. The largest absolute Gasteiger partial charge is 0.468 e. The molecule has 0 radical (unpaired) electrons. The number of ether oxygens (including phenoxy) is 2. The molecule has 7 nitrogen and oxygen atoms in total. The van der Waals surface area contributed by atoms with Gasteiger partial charge in [0.1, 0.15) is 6.54 Å². The van der Waals surface area contributed by atoms with Crippen LogP contribution < -0.4 is 16.0 Å². The first-order valence-electron chi connectivity index (χ1n) is 6.55. The number of esters is 1. The molecule has 1 aromatic carbocycles. The van der Waals surface area contributed by atoms with Crippen LogP contribution in [-0.2, 0) is 14.3 Å². The lowest BCUT2D eigenvalue weighted by atomic mass is 10.2. The summed E-state index contributed by atoms with van der Waals surface area (Å²) < 4.78 is 9.35. The SMILES string of the molecule is COCCNC(=S)Nc1ccc(C(=O)NCC(=O)OC)cc1. The van der Waals surface area contributed by atoms with Gasteiger partial charge in [0, 0.05) is 24.9 Å². The van der Waals surface area contributed by atoms with Gasteiger partial charge in [-0.25, -0.2) is 0 Å². The van der Waals surface area contributed by atoms with E-state index in [2.05, 4.69) is 20.7 Å². The molecule has 1 aromatic rings. The summed E-state index contributed by atoms with van der Waals surface area (Å²) in [5, 5.41) is 8.89. The molecule has 0 bridgehead atoms. The van der Waals surface area contributed by atoms with Crippen molar-refractivity contribution in [2.24, 2.45) is 0 Å². The summed E-state index contributed by atoms with van der Waals surface area (Å²) in [7, 11) is 2.88. The van der Waals surface area contributed by atoms with Crippen LogP contribution in [-0.4, -0.2) is 50.9 Å². The smallest absolute Gasteiger partial charge is 0.325 e. The average molecular weight is 325 g/mol. The van der Waals surface area contributed by atoms with E-state index in [-0.39, 0.29) is 12.5 Å². The minimum Gasteiger partial charge on any atom is -0.468 e. The zero-order valence-electron chi connectivity index (χ0n) is 12.5. The van der Waals surface area contributed by atoms with Crippen molar-refractivity contribution in [3.8, 4) is 0 Å². The van der Waals surface area contributed by atoms with Crippen LogP contribution in [0.15, 0.2) is 24.3 Å². The molecule has 22 heavy (non-hydrogen) atoms. The fourth-order valence-electron chi connectivity index (χ4n) is 1.47. The molecular weight excluding hydrogens is 306 g/mol. The van der Waals surface area contributed by atoms with E-state index in [9.17, 15) is 9.59 Å². The zero-order valence-corrected chi connectivity index (χ0v) is 13.3. The van der Waals surface area contributed by atoms with E-state index in [0.717, 1.165) is 5.69 Å². The predicted octanol–water partition coefficient (Wildman–Crippen LogP) is 0.522. The highest BCUT2D eigenvalue weighted by Gasteiger charge is 2.08. The molecule has 0 aliphatic heterocycles. The fourth-order valence-corrected chi connectivity index (χ4v) is 1.69. The number of thiocarbonyl (C=S) groups is 1. The Morgan fingerprint density at radius 3 is 2.41 bits per heavy atom. The third kappa shape index (κ3) is 6.51. The van der Waals surface area contributed by atoms with Crippen molar-refractivity contribution in [2.45, 2.75) is 0 Å². The Balaban J connectivity index is 2.46. The first kappa shape index (κ1) is 17.9. The van der Waals surface area contributed by atoms with Gasteiger partial charge in [0.2, 0.25) is 0 Å². The van der Waals surface area contributed by atoms with Gasteiger partial charge in [-0.1, -0.05) is 0 Å². The number of nitrogens with one attached hydrogen (secondary N) is 3. The second kappa shape index (κ2) is 9.69. The number of carbonyl (C=O) groups excluding carboxylic acids is 2. The number of rotatable bonds is 7. The Bertz CT molecular complexity index is 519. The lowest BCUT2D eigenvalue weighted by Crippen LogP contribution is -2.31. The molecule has 8 heteroatoms. The molecule has 120 valence electrons. The maximum atomic E-state index is 11.8. The predicted molar refractivity (Wildman–Crippen MR) is 86.9 cm³/mol. The second-order valence-electron chi connectivity index (χ2n) is 4.21. The molecule has 1 amide bonds. The van der Waals surface area contributed by atoms with Gasteiger partial charge < -0.3 is 25.4 Å². The van der Waals surface area contributed by atoms with Crippen LogP contribution in [0.2, 0.25) is 0 Å². The minimum atomic E-state index is -0.501. The van der Waals surface area contributed by atoms with Crippen LogP contribution in [0, 0.1) is 0 Å². The van der Waals surface area contributed by atoms with Gasteiger partial charge in [-0.15, -0.1) is 0 Å². The number of benzene rings is 1. The Hall–Kier alpha value is -2.19. The normalized spacial score (nSPS) is 9.73.